The Balaban J connectivity index is 0.00000342. The first-order chi connectivity index (χ1) is 16.4. The number of carbonyl (C=O) groups excluding carboxylic acids is 1. The van der Waals surface area contributed by atoms with Crippen LogP contribution in [0.25, 0.3) is 22.2 Å². The molecule has 0 spiro atoms. The molecule has 11 heteroatoms. The number of anilines is 2. The van der Waals surface area contributed by atoms with Gasteiger partial charge in [-0.05, 0) is 43.7 Å². The summed E-state index contributed by atoms with van der Waals surface area (Å²) in [5.41, 5.74) is 15.3. The molecule has 0 radical (unpaired) electrons. The van der Waals surface area contributed by atoms with E-state index in [1.54, 1.807) is 7.11 Å². The number of aromatic nitrogens is 4. The zero-order valence-corrected chi connectivity index (χ0v) is 22.5. The number of imidazole rings is 1. The number of aryl methyl sites for hydroxylation is 2. The number of nitrogen functional groups attached to an aromatic ring is 2. The smallest absolute Gasteiger partial charge is 0.361 e. The fraction of sp³-hybridized carbons (Fsp3) is 0.250. The van der Waals surface area contributed by atoms with Crippen LogP contribution in [0.4, 0.5) is 11.6 Å². The molecule has 0 bridgehead atoms. The lowest BCUT2D eigenvalue weighted by atomic mass is 10.0. The predicted octanol–water partition coefficient (Wildman–Crippen LogP) is 0.613. The Morgan fingerprint density at radius 1 is 1.11 bits per heavy atom. The minimum absolute atomic E-state index is 0. The first-order valence-electron chi connectivity index (χ1n) is 10.8. The van der Waals surface area contributed by atoms with Crippen LogP contribution >= 0.6 is 11.6 Å². The van der Waals surface area contributed by atoms with E-state index in [1.807, 2.05) is 38.1 Å². The van der Waals surface area contributed by atoms with E-state index in [9.17, 15) is 4.79 Å². The lowest BCUT2D eigenvalue weighted by Crippen LogP contribution is -3.00. The van der Waals surface area contributed by atoms with Gasteiger partial charge in [0.15, 0.2) is 40.1 Å². The van der Waals surface area contributed by atoms with Crippen LogP contribution in [0.3, 0.4) is 0 Å². The second kappa shape index (κ2) is 11.1. The van der Waals surface area contributed by atoms with Gasteiger partial charge in [-0.1, -0.05) is 29.8 Å². The molecular weight excluding hydrogens is 583 g/mol. The van der Waals surface area contributed by atoms with Crippen LogP contribution in [0.5, 0.6) is 5.75 Å². The van der Waals surface area contributed by atoms with Crippen molar-refractivity contribution < 1.29 is 42.8 Å². The van der Waals surface area contributed by atoms with Crippen molar-refractivity contribution in [3.8, 4) is 16.9 Å². The number of fused-ring (bicyclic) bond motifs is 1. The molecule has 0 saturated heterocycles. The van der Waals surface area contributed by atoms with Crippen molar-refractivity contribution >= 4 is 40.2 Å². The largest absolute Gasteiger partial charge is 1.00 e. The van der Waals surface area contributed by atoms with Crippen molar-refractivity contribution in [2.45, 2.75) is 33.5 Å². The molecule has 0 aliphatic carbocycles. The Bertz CT molecular complexity index is 1390. The maximum Gasteiger partial charge on any atom is 0.361 e. The number of methoxy groups -OCH3 is 1. The predicted molar refractivity (Wildman–Crippen MR) is 130 cm³/mol. The number of nitrogens with two attached hydrogens (primary N) is 2. The fourth-order valence-electron chi connectivity index (χ4n) is 4.09. The summed E-state index contributed by atoms with van der Waals surface area (Å²) in [6, 6.07) is 14.1. The highest BCUT2D eigenvalue weighted by atomic mass is 127. The molecule has 9 nitrogen and oxygen atoms in total. The van der Waals surface area contributed by atoms with Crippen LogP contribution in [0.1, 0.15) is 30.2 Å². The lowest BCUT2D eigenvalue weighted by molar-refractivity contribution is -0.678. The summed E-state index contributed by atoms with van der Waals surface area (Å²) >= 11 is 5.90. The van der Waals surface area contributed by atoms with Crippen molar-refractivity contribution in [1.82, 2.24) is 14.5 Å². The quantitative estimate of drug-likeness (QED) is 0.179. The second-order valence-electron chi connectivity index (χ2n) is 7.52. The highest BCUT2D eigenvalue weighted by Gasteiger charge is 2.26. The molecule has 2 heterocycles. The van der Waals surface area contributed by atoms with Crippen LogP contribution in [0.2, 0.25) is 5.15 Å². The molecule has 0 unspecified atom stereocenters. The van der Waals surface area contributed by atoms with Gasteiger partial charge in [0, 0.05) is 5.56 Å². The van der Waals surface area contributed by atoms with Gasteiger partial charge in [0.1, 0.15) is 5.75 Å². The second-order valence-corrected chi connectivity index (χ2v) is 7.88. The summed E-state index contributed by atoms with van der Waals surface area (Å²) in [6.45, 7) is 5.48. The van der Waals surface area contributed by atoms with E-state index in [0.717, 1.165) is 33.7 Å². The normalized spacial score (nSPS) is 10.7. The van der Waals surface area contributed by atoms with Gasteiger partial charge in [-0.25, -0.2) is 23.9 Å². The van der Waals surface area contributed by atoms with Crippen molar-refractivity contribution in [2.75, 3.05) is 18.6 Å². The lowest BCUT2D eigenvalue weighted by Gasteiger charge is -2.08. The topological polar surface area (TPSA) is 122 Å². The minimum atomic E-state index is -0.725. The van der Waals surface area contributed by atoms with E-state index in [0.29, 0.717) is 13.1 Å². The SMILES string of the molecule is CCn1c(COC(=O)c2nc(Cl)c(N)nc2N)[n+](CC)c2cc(-c3ccccc3OC)ccc21.[I-]. The van der Waals surface area contributed by atoms with Crippen LogP contribution < -0.4 is 44.7 Å². The zero-order chi connectivity index (χ0) is 24.4. The molecule has 35 heavy (non-hydrogen) atoms. The number of esters is 1. The summed E-state index contributed by atoms with van der Waals surface area (Å²) in [5, 5.41) is -0.101. The third kappa shape index (κ3) is 4.98. The molecule has 0 aliphatic heterocycles. The van der Waals surface area contributed by atoms with Gasteiger partial charge in [-0.15, -0.1) is 0 Å². The van der Waals surface area contributed by atoms with Crippen LogP contribution in [0, 0.1) is 0 Å². The zero-order valence-electron chi connectivity index (χ0n) is 19.6. The number of carbonyl (C=O) groups is 1. The maximum absolute atomic E-state index is 12.7. The van der Waals surface area contributed by atoms with E-state index < -0.39 is 5.97 Å². The van der Waals surface area contributed by atoms with Crippen molar-refractivity contribution in [1.29, 1.82) is 0 Å². The fourth-order valence-corrected chi connectivity index (χ4v) is 4.22. The molecule has 2 aromatic heterocycles. The molecule has 0 amide bonds. The number of para-hydroxylation sites is 1. The van der Waals surface area contributed by atoms with Gasteiger partial charge in [0.05, 0.1) is 20.2 Å². The van der Waals surface area contributed by atoms with Crippen molar-refractivity contribution in [3.63, 3.8) is 0 Å². The number of hydrogen-bond donors (Lipinski definition) is 2. The molecular formula is C24H26ClIN6O3. The van der Waals surface area contributed by atoms with Crippen LogP contribution in [-0.4, -0.2) is 27.6 Å². The number of halogens is 2. The van der Waals surface area contributed by atoms with E-state index in [1.165, 1.54) is 0 Å². The van der Waals surface area contributed by atoms with Crippen molar-refractivity contribution in [3.05, 3.63) is 59.1 Å². The minimum Gasteiger partial charge on any atom is -1.00 e. The van der Waals surface area contributed by atoms with Gasteiger partial charge in [0.25, 0.3) is 5.82 Å². The number of ether oxygens (including phenoxy) is 2. The first-order valence-corrected chi connectivity index (χ1v) is 11.2. The molecule has 0 aliphatic rings. The van der Waals surface area contributed by atoms with Gasteiger partial charge >= 0.3 is 5.97 Å². The molecule has 0 saturated carbocycles. The summed E-state index contributed by atoms with van der Waals surface area (Å²) in [6.07, 6.45) is 0. The Labute approximate surface area is 225 Å². The van der Waals surface area contributed by atoms with Gasteiger partial charge < -0.3 is 44.9 Å². The molecule has 4 N–H and O–H groups in total. The number of rotatable bonds is 7. The monoisotopic (exact) mass is 608 g/mol. The number of hydrogen-bond acceptors (Lipinski definition) is 7. The molecule has 4 aromatic rings. The summed E-state index contributed by atoms with van der Waals surface area (Å²) in [4.78, 5) is 20.5. The molecule has 0 fully saturated rings. The average Bonchev–Trinajstić information content (AvgIpc) is 3.16. The Kier molecular flexibility index (Phi) is 8.39. The summed E-state index contributed by atoms with van der Waals surface area (Å²) < 4.78 is 15.4. The Morgan fingerprint density at radius 2 is 1.86 bits per heavy atom. The third-order valence-electron chi connectivity index (χ3n) is 5.66. The van der Waals surface area contributed by atoms with Gasteiger partial charge in [-0.3, -0.25) is 0 Å². The standard InChI is InChI=1S/C24H25ClN6O3.HI/c1-4-30-16-11-10-14(15-8-6-7-9-18(15)33-3)12-17(16)31(5-2)19(30)13-34-24(32)20-22(26)29-23(27)21(25)28-20;/h6-12H,4-5,13H2,1-3H3,(H3-,26,27,29,32);1H. The Hall–Kier alpha value is -3.12. The summed E-state index contributed by atoms with van der Waals surface area (Å²) in [5.74, 6) is 0.731. The molecule has 4 rings (SSSR count). The van der Waals surface area contributed by atoms with E-state index in [-0.39, 0.29) is 53.1 Å². The highest BCUT2D eigenvalue weighted by Crippen LogP contribution is 2.31. The van der Waals surface area contributed by atoms with Crippen molar-refractivity contribution in [2.24, 2.45) is 0 Å². The molecule has 184 valence electrons. The third-order valence-corrected chi connectivity index (χ3v) is 5.94. The maximum atomic E-state index is 12.7. The molecule has 0 atom stereocenters. The average molecular weight is 609 g/mol. The Morgan fingerprint density at radius 3 is 2.54 bits per heavy atom. The van der Waals surface area contributed by atoms with E-state index >= 15 is 0 Å². The van der Waals surface area contributed by atoms with E-state index in [2.05, 4.69) is 37.3 Å². The number of benzene rings is 2. The molecule has 2 aromatic carbocycles. The highest BCUT2D eigenvalue weighted by molar-refractivity contribution is 6.31. The van der Waals surface area contributed by atoms with Gasteiger partial charge in [-0.2, -0.15) is 0 Å². The number of nitrogens with zero attached hydrogens (tertiary/aromatic N) is 4. The van der Waals surface area contributed by atoms with Crippen LogP contribution in [-0.2, 0) is 24.4 Å². The van der Waals surface area contributed by atoms with Crippen LogP contribution in [0.15, 0.2) is 42.5 Å². The van der Waals surface area contributed by atoms with E-state index in [4.69, 9.17) is 32.5 Å². The first kappa shape index (κ1) is 26.5. The summed E-state index contributed by atoms with van der Waals surface area (Å²) in [7, 11) is 1.66. The van der Waals surface area contributed by atoms with Gasteiger partial charge in [0.2, 0.25) is 0 Å².